The molecule has 0 amide bonds. The summed E-state index contributed by atoms with van der Waals surface area (Å²) in [5.74, 6) is -5.07. The van der Waals surface area contributed by atoms with E-state index in [0.29, 0.717) is 11.1 Å². The number of Topliss-reactive ketones (excluding diaryl/α,β-unsaturated/α-hetero) is 1. The van der Waals surface area contributed by atoms with Gasteiger partial charge in [-0.1, -0.05) is 12.1 Å². The minimum Gasteiger partial charge on any atom is -0.423 e. The van der Waals surface area contributed by atoms with Crippen molar-refractivity contribution in [1.29, 1.82) is 0 Å². The number of rotatable bonds is 10. The molecule has 11 heteroatoms. The minimum absolute atomic E-state index is 0.00296. The third-order valence-electron chi connectivity index (χ3n) is 4.75. The van der Waals surface area contributed by atoms with Gasteiger partial charge in [0, 0.05) is 39.5 Å². The van der Waals surface area contributed by atoms with Gasteiger partial charge in [-0.25, -0.2) is 0 Å². The Morgan fingerprint density at radius 3 is 1.17 bits per heavy atom. The van der Waals surface area contributed by atoms with Crippen molar-refractivity contribution in [3.8, 4) is 23.0 Å². The fraction of sp³-hybridized carbons (Fsp3) is 0.320. The third kappa shape index (κ3) is 7.79. The Labute approximate surface area is 217 Å². The predicted molar refractivity (Wildman–Crippen MR) is 130 cm³/mol. The van der Waals surface area contributed by atoms with Gasteiger partial charge in [-0.2, -0.15) is 0 Å². The van der Waals surface area contributed by atoms with Gasteiger partial charge < -0.3 is 18.9 Å². The first-order chi connectivity index (χ1) is 17.0. The Kier molecular flexibility index (Phi) is 10.4. The molecule has 0 spiro atoms. The van der Waals surface area contributed by atoms with E-state index in [1.807, 2.05) is 0 Å². The van der Waals surface area contributed by atoms with Crippen molar-refractivity contribution in [2.24, 2.45) is 0 Å². The Morgan fingerprint density at radius 1 is 0.583 bits per heavy atom. The topological polar surface area (TPSA) is 122 Å². The summed E-state index contributed by atoms with van der Waals surface area (Å²) >= 11 is 12.3. The molecule has 36 heavy (non-hydrogen) atoms. The van der Waals surface area contributed by atoms with Crippen molar-refractivity contribution < 1.29 is 42.9 Å². The Bertz CT molecular complexity index is 1090. The average molecular weight is 539 g/mol. The van der Waals surface area contributed by atoms with Crippen LogP contribution in [0.2, 0.25) is 0 Å². The summed E-state index contributed by atoms with van der Waals surface area (Å²) in [6.45, 7) is 4.74. The van der Waals surface area contributed by atoms with Crippen molar-refractivity contribution >= 4 is 52.9 Å². The van der Waals surface area contributed by atoms with Crippen LogP contribution in [0.4, 0.5) is 0 Å². The number of halogens is 2. The van der Waals surface area contributed by atoms with Crippen LogP contribution in [0.25, 0.3) is 0 Å². The molecule has 192 valence electrons. The average Bonchev–Trinajstić information content (AvgIpc) is 2.77. The fourth-order valence-corrected chi connectivity index (χ4v) is 3.99. The van der Waals surface area contributed by atoms with Crippen LogP contribution >= 0.6 is 23.2 Å². The van der Waals surface area contributed by atoms with Crippen LogP contribution in [0.5, 0.6) is 23.0 Å². The number of hydrogen-bond acceptors (Lipinski definition) is 9. The molecule has 0 aliphatic rings. The highest BCUT2D eigenvalue weighted by atomic mass is 35.5. The summed E-state index contributed by atoms with van der Waals surface area (Å²) in [5.41, 5.74) is 0.794. The van der Waals surface area contributed by atoms with E-state index >= 15 is 0 Å². The maximum Gasteiger partial charge on any atom is 0.308 e. The quantitative estimate of drug-likeness (QED) is 0.247. The lowest BCUT2D eigenvalue weighted by Crippen LogP contribution is -2.23. The van der Waals surface area contributed by atoms with Crippen molar-refractivity contribution in [2.75, 3.05) is 11.8 Å². The van der Waals surface area contributed by atoms with Gasteiger partial charge in [-0.05, 0) is 35.4 Å². The van der Waals surface area contributed by atoms with Crippen molar-refractivity contribution in [3.63, 3.8) is 0 Å². The monoisotopic (exact) mass is 538 g/mol. The zero-order valence-corrected chi connectivity index (χ0v) is 21.5. The van der Waals surface area contributed by atoms with Crippen LogP contribution in [-0.4, -0.2) is 41.4 Å². The van der Waals surface area contributed by atoms with E-state index in [-0.39, 0.29) is 40.5 Å². The van der Waals surface area contributed by atoms with E-state index in [4.69, 9.17) is 42.1 Å². The second kappa shape index (κ2) is 13.0. The first-order valence-electron chi connectivity index (χ1n) is 10.6. The molecule has 0 radical (unpaired) electrons. The lowest BCUT2D eigenvalue weighted by Gasteiger charge is -2.22. The van der Waals surface area contributed by atoms with Gasteiger partial charge in [-0.3, -0.25) is 24.0 Å². The van der Waals surface area contributed by atoms with Crippen LogP contribution in [0.3, 0.4) is 0 Å². The van der Waals surface area contributed by atoms with E-state index in [1.165, 1.54) is 64.1 Å². The lowest BCUT2D eigenvalue weighted by atomic mass is 9.85. The number of ether oxygens (including phenoxy) is 4. The summed E-state index contributed by atoms with van der Waals surface area (Å²) in [6, 6.07) is 8.62. The maximum atomic E-state index is 13.5. The number of ketones is 1. The molecule has 0 aromatic heterocycles. The second-order valence-corrected chi connectivity index (χ2v) is 8.22. The van der Waals surface area contributed by atoms with E-state index in [2.05, 4.69) is 0 Å². The maximum absolute atomic E-state index is 13.5. The second-order valence-electron chi connectivity index (χ2n) is 7.60. The van der Waals surface area contributed by atoms with Gasteiger partial charge in [0.2, 0.25) is 0 Å². The summed E-state index contributed by atoms with van der Waals surface area (Å²) in [7, 11) is 0. The van der Waals surface area contributed by atoms with Gasteiger partial charge in [0.25, 0.3) is 0 Å². The smallest absolute Gasteiger partial charge is 0.308 e. The summed E-state index contributed by atoms with van der Waals surface area (Å²) in [4.78, 5) is 59.4. The van der Waals surface area contributed by atoms with Gasteiger partial charge in [0.15, 0.2) is 23.0 Å². The molecule has 0 fully saturated rings. The SMILES string of the molecule is CC(=O)Oc1ccc(C(CCl)C(=O)C(CCl)c2ccc(OC(C)=O)c(OC(C)=O)c2)cc1OC(C)=O. The molecule has 2 atom stereocenters. The molecule has 0 N–H and O–H groups in total. The molecule has 2 aromatic rings. The van der Waals surface area contributed by atoms with Crippen LogP contribution in [0, 0.1) is 0 Å². The molecular weight excluding hydrogens is 515 g/mol. The Hall–Kier alpha value is -3.43. The molecule has 2 rings (SSSR count). The molecule has 0 saturated heterocycles. The van der Waals surface area contributed by atoms with Crippen molar-refractivity contribution in [1.82, 2.24) is 0 Å². The molecular formula is C25H24Cl2O9. The number of alkyl halides is 2. The molecule has 0 bridgehead atoms. The first kappa shape index (κ1) is 28.8. The van der Waals surface area contributed by atoms with Gasteiger partial charge in [0.05, 0.1) is 11.8 Å². The number of hydrogen-bond donors (Lipinski definition) is 0. The molecule has 2 aromatic carbocycles. The zero-order chi connectivity index (χ0) is 27.0. The largest absolute Gasteiger partial charge is 0.423 e. The third-order valence-corrected chi connectivity index (χ3v) is 5.37. The van der Waals surface area contributed by atoms with E-state index in [0.717, 1.165) is 0 Å². The van der Waals surface area contributed by atoms with Gasteiger partial charge >= 0.3 is 23.9 Å². The van der Waals surface area contributed by atoms with Gasteiger partial charge in [0.1, 0.15) is 5.78 Å². The first-order valence-corrected chi connectivity index (χ1v) is 11.7. The standard InChI is InChI=1S/C25H24Cl2O9/c1-13(28)33-21-7-5-17(9-23(21)35-15(3)30)19(11-26)25(32)20(12-27)18-6-8-22(34-14(2)29)24(10-18)36-16(4)31/h5-10,19-20H,11-12H2,1-4H3. The van der Waals surface area contributed by atoms with Crippen molar-refractivity contribution in [3.05, 3.63) is 47.5 Å². The predicted octanol–water partition coefficient (Wildman–Crippen LogP) is 4.30. The number of benzene rings is 2. The van der Waals surface area contributed by atoms with Gasteiger partial charge in [-0.15, -0.1) is 23.2 Å². The molecule has 0 aliphatic heterocycles. The highest BCUT2D eigenvalue weighted by Crippen LogP contribution is 2.37. The Balaban J connectivity index is 2.48. The minimum atomic E-state index is -0.888. The number of esters is 4. The highest BCUT2D eigenvalue weighted by Gasteiger charge is 2.30. The lowest BCUT2D eigenvalue weighted by molar-refractivity contribution is -0.134. The summed E-state index contributed by atoms with van der Waals surface area (Å²) in [5, 5.41) is 0. The Morgan fingerprint density at radius 2 is 0.889 bits per heavy atom. The van der Waals surface area contributed by atoms with Crippen LogP contribution in [0.15, 0.2) is 36.4 Å². The summed E-state index contributed by atoms with van der Waals surface area (Å²) < 4.78 is 20.4. The molecule has 0 heterocycles. The van der Waals surface area contributed by atoms with Crippen molar-refractivity contribution in [2.45, 2.75) is 39.5 Å². The van der Waals surface area contributed by atoms with Crippen LogP contribution in [-0.2, 0) is 24.0 Å². The molecule has 2 unspecified atom stereocenters. The zero-order valence-electron chi connectivity index (χ0n) is 20.0. The summed E-state index contributed by atoms with van der Waals surface area (Å²) in [6.07, 6.45) is 0. The fourth-order valence-electron chi connectivity index (χ4n) is 3.33. The molecule has 0 aliphatic carbocycles. The van der Waals surface area contributed by atoms with E-state index in [9.17, 15) is 24.0 Å². The normalized spacial score (nSPS) is 12.2. The molecule has 9 nitrogen and oxygen atoms in total. The highest BCUT2D eigenvalue weighted by molar-refractivity contribution is 6.22. The van der Waals surface area contributed by atoms with Crippen LogP contribution in [0.1, 0.15) is 50.7 Å². The number of carbonyl (C=O) groups is 5. The van der Waals surface area contributed by atoms with E-state index < -0.39 is 35.7 Å². The van der Waals surface area contributed by atoms with E-state index in [1.54, 1.807) is 0 Å². The number of carbonyl (C=O) groups excluding carboxylic acids is 5. The molecule has 0 saturated carbocycles. The van der Waals surface area contributed by atoms with Crippen LogP contribution < -0.4 is 18.9 Å².